The first kappa shape index (κ1) is 21.4. The van der Waals surface area contributed by atoms with Gasteiger partial charge in [0.05, 0.1) is 30.5 Å². The summed E-state index contributed by atoms with van der Waals surface area (Å²) >= 11 is 0. The van der Waals surface area contributed by atoms with E-state index < -0.39 is 5.97 Å². The molecule has 0 aliphatic rings. The van der Waals surface area contributed by atoms with Gasteiger partial charge in [-0.3, -0.25) is 4.98 Å². The molecule has 0 atom stereocenters. The van der Waals surface area contributed by atoms with Gasteiger partial charge in [0.2, 0.25) is 0 Å². The minimum absolute atomic E-state index is 0.300. The number of hydrogen-bond acceptors (Lipinski definition) is 7. The number of carbonyl (C=O) groups is 1. The first-order chi connectivity index (χ1) is 14.5. The van der Waals surface area contributed by atoms with Crippen LogP contribution in [0.4, 0.5) is 0 Å². The Morgan fingerprint density at radius 2 is 1.93 bits per heavy atom. The van der Waals surface area contributed by atoms with Gasteiger partial charge in [-0.25, -0.2) is 4.79 Å². The molecule has 2 heterocycles. The number of nitrogens with zero attached hydrogens (tertiary/aromatic N) is 2. The zero-order valence-electron chi connectivity index (χ0n) is 17.7. The lowest BCUT2D eigenvalue weighted by atomic mass is 10.2. The summed E-state index contributed by atoms with van der Waals surface area (Å²) in [6.07, 6.45) is 1.46. The van der Waals surface area contributed by atoms with E-state index in [1.165, 1.54) is 7.11 Å². The highest BCUT2D eigenvalue weighted by Gasteiger charge is 2.15. The van der Waals surface area contributed by atoms with E-state index in [0.29, 0.717) is 42.5 Å². The third-order valence-corrected chi connectivity index (χ3v) is 4.71. The summed E-state index contributed by atoms with van der Waals surface area (Å²) < 4.78 is 21.8. The average Bonchev–Trinajstić information content (AvgIpc) is 3.06. The fraction of sp³-hybridized carbons (Fsp3) is 0.348. The normalized spacial score (nSPS) is 10.7. The molecule has 0 aliphatic carbocycles. The number of pyridine rings is 1. The molecule has 3 rings (SSSR count). The number of carbonyl (C=O) groups excluding carboxylic acids is 1. The second kappa shape index (κ2) is 9.91. The molecule has 7 nitrogen and oxygen atoms in total. The molecule has 30 heavy (non-hydrogen) atoms. The maximum Gasteiger partial charge on any atom is 0.338 e. The number of esters is 1. The molecule has 1 aromatic carbocycles. The van der Waals surface area contributed by atoms with Crippen LogP contribution in [-0.2, 0) is 17.8 Å². The Balaban J connectivity index is 1.54. The third-order valence-electron chi connectivity index (χ3n) is 4.71. The Kier molecular flexibility index (Phi) is 7.06. The van der Waals surface area contributed by atoms with E-state index >= 15 is 0 Å². The SMILES string of the molecule is COc1cc(C(=O)OCCCc2cccc(C)n2)ccc1OCc1c(C)noc1C. The fourth-order valence-electron chi connectivity index (χ4n) is 3.01. The molecular formula is C23H26N2O5. The Hall–Kier alpha value is -3.35. The number of rotatable bonds is 9. The van der Waals surface area contributed by atoms with Crippen LogP contribution in [-0.4, -0.2) is 29.8 Å². The van der Waals surface area contributed by atoms with Gasteiger partial charge in [-0.2, -0.15) is 0 Å². The predicted octanol–water partition coefficient (Wildman–Crippen LogP) is 4.37. The summed E-state index contributed by atoms with van der Waals surface area (Å²) in [4.78, 5) is 16.8. The second-order valence-electron chi connectivity index (χ2n) is 6.97. The van der Waals surface area contributed by atoms with Gasteiger partial charge in [-0.05, 0) is 63.9 Å². The van der Waals surface area contributed by atoms with Crippen LogP contribution >= 0.6 is 0 Å². The van der Waals surface area contributed by atoms with Gasteiger partial charge in [-0.15, -0.1) is 0 Å². The maximum atomic E-state index is 12.4. The van der Waals surface area contributed by atoms with E-state index in [-0.39, 0.29) is 0 Å². The molecule has 0 amide bonds. The minimum atomic E-state index is -0.400. The first-order valence-corrected chi connectivity index (χ1v) is 9.80. The molecule has 2 aromatic heterocycles. The van der Waals surface area contributed by atoms with Gasteiger partial charge in [0.25, 0.3) is 0 Å². The van der Waals surface area contributed by atoms with Crippen molar-refractivity contribution in [2.75, 3.05) is 13.7 Å². The van der Waals surface area contributed by atoms with Crippen LogP contribution in [0.1, 0.15) is 45.2 Å². The minimum Gasteiger partial charge on any atom is -0.493 e. The van der Waals surface area contributed by atoms with Gasteiger partial charge in [0.1, 0.15) is 12.4 Å². The van der Waals surface area contributed by atoms with Gasteiger partial charge >= 0.3 is 5.97 Å². The Bertz CT molecular complexity index is 993. The lowest BCUT2D eigenvalue weighted by Crippen LogP contribution is -2.08. The van der Waals surface area contributed by atoms with Crippen molar-refractivity contribution in [1.82, 2.24) is 10.1 Å². The number of hydrogen-bond donors (Lipinski definition) is 0. The monoisotopic (exact) mass is 410 g/mol. The molecule has 0 unspecified atom stereocenters. The van der Waals surface area contributed by atoms with Crippen molar-refractivity contribution in [1.29, 1.82) is 0 Å². The Morgan fingerprint density at radius 3 is 2.63 bits per heavy atom. The number of aromatic nitrogens is 2. The summed E-state index contributed by atoms with van der Waals surface area (Å²) in [5.41, 5.74) is 4.06. The molecule has 0 aliphatic heterocycles. The van der Waals surface area contributed by atoms with Gasteiger partial charge in [0, 0.05) is 11.4 Å². The number of ether oxygens (including phenoxy) is 3. The lowest BCUT2D eigenvalue weighted by Gasteiger charge is -2.12. The van der Waals surface area contributed by atoms with E-state index in [2.05, 4.69) is 10.1 Å². The molecule has 0 saturated carbocycles. The quantitative estimate of drug-likeness (QED) is 0.382. The molecule has 0 saturated heterocycles. The van der Waals surface area contributed by atoms with Crippen molar-refractivity contribution >= 4 is 5.97 Å². The molecule has 0 fully saturated rings. The van der Waals surface area contributed by atoms with Crippen molar-refractivity contribution in [3.05, 3.63) is 70.4 Å². The van der Waals surface area contributed by atoms with Crippen LogP contribution in [0.25, 0.3) is 0 Å². The lowest BCUT2D eigenvalue weighted by molar-refractivity contribution is 0.0500. The number of aryl methyl sites for hydroxylation is 4. The van der Waals surface area contributed by atoms with Crippen molar-refractivity contribution in [3.8, 4) is 11.5 Å². The molecule has 0 spiro atoms. The van der Waals surface area contributed by atoms with Gasteiger partial charge in [-0.1, -0.05) is 11.2 Å². The number of benzene rings is 1. The van der Waals surface area contributed by atoms with Gasteiger partial charge in [0.15, 0.2) is 11.5 Å². The van der Waals surface area contributed by atoms with E-state index in [4.69, 9.17) is 18.7 Å². The molecule has 0 N–H and O–H groups in total. The first-order valence-electron chi connectivity index (χ1n) is 9.80. The molecule has 3 aromatic rings. The van der Waals surface area contributed by atoms with Crippen LogP contribution < -0.4 is 9.47 Å². The zero-order valence-corrected chi connectivity index (χ0v) is 17.7. The second-order valence-corrected chi connectivity index (χ2v) is 6.97. The summed E-state index contributed by atoms with van der Waals surface area (Å²) in [6, 6.07) is 10.9. The summed E-state index contributed by atoms with van der Waals surface area (Å²) in [5, 5.41) is 3.92. The van der Waals surface area contributed by atoms with Crippen molar-refractivity contribution in [2.24, 2.45) is 0 Å². The summed E-state index contributed by atoms with van der Waals surface area (Å²) in [6.45, 7) is 6.28. The van der Waals surface area contributed by atoms with E-state index in [1.807, 2.05) is 39.0 Å². The molecule has 0 radical (unpaired) electrons. The molecule has 7 heteroatoms. The van der Waals surface area contributed by atoms with E-state index in [1.54, 1.807) is 18.2 Å². The molecule has 158 valence electrons. The van der Waals surface area contributed by atoms with Gasteiger partial charge < -0.3 is 18.7 Å². The van der Waals surface area contributed by atoms with Crippen LogP contribution in [0.2, 0.25) is 0 Å². The average molecular weight is 410 g/mol. The van der Waals surface area contributed by atoms with Crippen LogP contribution in [0.3, 0.4) is 0 Å². The van der Waals surface area contributed by atoms with Crippen LogP contribution in [0.5, 0.6) is 11.5 Å². The topological polar surface area (TPSA) is 83.7 Å². The summed E-state index contributed by atoms with van der Waals surface area (Å²) in [7, 11) is 1.53. The smallest absolute Gasteiger partial charge is 0.338 e. The van der Waals surface area contributed by atoms with E-state index in [9.17, 15) is 4.79 Å². The largest absolute Gasteiger partial charge is 0.493 e. The molecule has 0 bridgehead atoms. The number of methoxy groups -OCH3 is 1. The van der Waals surface area contributed by atoms with Crippen molar-refractivity contribution in [3.63, 3.8) is 0 Å². The van der Waals surface area contributed by atoms with E-state index in [0.717, 1.165) is 29.1 Å². The highest BCUT2D eigenvalue weighted by Crippen LogP contribution is 2.29. The predicted molar refractivity (Wildman–Crippen MR) is 111 cm³/mol. The highest BCUT2D eigenvalue weighted by atomic mass is 16.5. The van der Waals surface area contributed by atoms with Crippen LogP contribution in [0.15, 0.2) is 40.9 Å². The Morgan fingerprint density at radius 1 is 1.10 bits per heavy atom. The summed E-state index contributed by atoms with van der Waals surface area (Å²) in [5.74, 6) is 1.30. The highest BCUT2D eigenvalue weighted by molar-refractivity contribution is 5.90. The standard InChI is InChI=1S/C23H26N2O5/c1-15-7-5-8-19(24-15)9-6-12-28-23(26)18-10-11-21(22(13-18)27-4)29-14-20-16(2)25-30-17(20)3/h5,7-8,10-11,13H,6,9,12,14H2,1-4H3. The van der Waals surface area contributed by atoms with Crippen molar-refractivity contribution in [2.45, 2.75) is 40.2 Å². The van der Waals surface area contributed by atoms with Crippen LogP contribution in [0, 0.1) is 20.8 Å². The Labute approximate surface area is 176 Å². The zero-order chi connectivity index (χ0) is 21.5. The molecular weight excluding hydrogens is 384 g/mol. The third kappa shape index (κ3) is 5.37. The van der Waals surface area contributed by atoms with Crippen molar-refractivity contribution < 1.29 is 23.5 Å². The fourth-order valence-corrected chi connectivity index (χ4v) is 3.01. The maximum absolute atomic E-state index is 12.4.